The number of ketones is 1. The highest BCUT2D eigenvalue weighted by atomic mass is 16.3. The molecule has 2 aromatic carbocycles. The highest BCUT2D eigenvalue weighted by Crippen LogP contribution is 2.42. The highest BCUT2D eigenvalue weighted by Gasteiger charge is 2.30. The number of hydrogen-bond acceptors (Lipinski definition) is 2. The van der Waals surface area contributed by atoms with Crippen molar-refractivity contribution in [1.82, 2.24) is 0 Å². The van der Waals surface area contributed by atoms with Crippen LogP contribution < -0.4 is 0 Å². The molecule has 0 saturated carbocycles. The fourth-order valence-electron chi connectivity index (χ4n) is 3.28. The van der Waals surface area contributed by atoms with E-state index in [1.165, 1.54) is 0 Å². The lowest BCUT2D eigenvalue weighted by molar-refractivity contribution is 0.104. The van der Waals surface area contributed by atoms with E-state index < -0.39 is 0 Å². The maximum atomic E-state index is 12.9. The lowest BCUT2D eigenvalue weighted by atomic mass is 9.99. The second-order valence-corrected chi connectivity index (χ2v) is 5.62. The normalized spacial score (nSPS) is 13.1. The second-order valence-electron chi connectivity index (χ2n) is 5.62. The van der Waals surface area contributed by atoms with Crippen LogP contribution in [0.2, 0.25) is 0 Å². The van der Waals surface area contributed by atoms with Crippen LogP contribution in [0.25, 0.3) is 28.2 Å². The average molecular weight is 288 g/mol. The van der Waals surface area contributed by atoms with Crippen molar-refractivity contribution >= 4 is 22.8 Å². The smallest absolute Gasteiger partial charge is 0.195 e. The SMILES string of the molecule is CC/C=C\c1c(C)oc2ccc3c(c12)C(=O)c1ccccc1-3. The van der Waals surface area contributed by atoms with Gasteiger partial charge < -0.3 is 4.42 Å². The third kappa shape index (κ3) is 1.64. The molecule has 108 valence electrons. The molecule has 0 amide bonds. The summed E-state index contributed by atoms with van der Waals surface area (Å²) in [5.41, 5.74) is 5.41. The Balaban J connectivity index is 2.10. The van der Waals surface area contributed by atoms with Crippen LogP contribution in [0.4, 0.5) is 0 Å². The molecular formula is C20H16O2. The Morgan fingerprint density at radius 3 is 2.59 bits per heavy atom. The van der Waals surface area contributed by atoms with Crippen molar-refractivity contribution in [3.8, 4) is 11.1 Å². The van der Waals surface area contributed by atoms with E-state index in [4.69, 9.17) is 4.42 Å². The molecule has 3 aromatic rings. The van der Waals surface area contributed by atoms with Gasteiger partial charge in [-0.1, -0.05) is 43.3 Å². The van der Waals surface area contributed by atoms with Gasteiger partial charge in [0.25, 0.3) is 0 Å². The number of furan rings is 1. The van der Waals surface area contributed by atoms with E-state index in [2.05, 4.69) is 19.1 Å². The Bertz CT molecular complexity index is 942. The summed E-state index contributed by atoms with van der Waals surface area (Å²) in [6.45, 7) is 4.05. The Labute approximate surface area is 129 Å². The van der Waals surface area contributed by atoms with Crippen molar-refractivity contribution in [1.29, 1.82) is 0 Å². The van der Waals surface area contributed by atoms with Crippen LogP contribution in [0.15, 0.2) is 46.9 Å². The molecule has 0 aliphatic heterocycles. The largest absolute Gasteiger partial charge is 0.461 e. The predicted octanol–water partition coefficient (Wildman–Crippen LogP) is 5.38. The highest BCUT2D eigenvalue weighted by molar-refractivity contribution is 6.28. The third-order valence-corrected chi connectivity index (χ3v) is 4.29. The number of carbonyl (C=O) groups is 1. The quantitative estimate of drug-likeness (QED) is 0.496. The summed E-state index contributed by atoms with van der Waals surface area (Å²) >= 11 is 0. The van der Waals surface area contributed by atoms with Gasteiger partial charge in [0, 0.05) is 22.1 Å². The molecule has 1 aliphatic rings. The van der Waals surface area contributed by atoms with E-state index in [0.717, 1.165) is 51.0 Å². The fourth-order valence-corrected chi connectivity index (χ4v) is 3.28. The van der Waals surface area contributed by atoms with Crippen LogP contribution in [0.3, 0.4) is 0 Å². The van der Waals surface area contributed by atoms with E-state index in [9.17, 15) is 4.79 Å². The zero-order valence-corrected chi connectivity index (χ0v) is 12.6. The molecule has 0 atom stereocenters. The summed E-state index contributed by atoms with van der Waals surface area (Å²) < 4.78 is 5.87. The standard InChI is InChI=1S/C20H16O2/c1-3-4-7-13-12(2)22-17-11-10-15-14-8-5-6-9-16(14)20(21)19(15)18(13)17/h4-11H,3H2,1-2H3/b7-4-. The zero-order valence-electron chi connectivity index (χ0n) is 12.6. The van der Waals surface area contributed by atoms with Crippen LogP contribution in [-0.4, -0.2) is 5.78 Å². The van der Waals surface area contributed by atoms with Crippen LogP contribution in [0.1, 0.15) is 40.6 Å². The van der Waals surface area contributed by atoms with Gasteiger partial charge in [-0.25, -0.2) is 0 Å². The molecule has 1 heterocycles. The molecule has 1 aliphatic carbocycles. The molecule has 0 saturated heterocycles. The molecule has 0 unspecified atom stereocenters. The van der Waals surface area contributed by atoms with Gasteiger partial charge in [0.15, 0.2) is 5.78 Å². The van der Waals surface area contributed by atoms with Crippen LogP contribution in [-0.2, 0) is 0 Å². The predicted molar refractivity (Wildman–Crippen MR) is 89.1 cm³/mol. The fraction of sp³-hybridized carbons (Fsp3) is 0.150. The number of fused-ring (bicyclic) bond motifs is 5. The van der Waals surface area contributed by atoms with Crippen molar-refractivity contribution in [2.75, 3.05) is 0 Å². The zero-order chi connectivity index (χ0) is 15.3. The van der Waals surface area contributed by atoms with Crippen molar-refractivity contribution < 1.29 is 9.21 Å². The molecule has 0 spiro atoms. The Morgan fingerprint density at radius 1 is 1.05 bits per heavy atom. The number of benzene rings is 2. The van der Waals surface area contributed by atoms with Gasteiger partial charge in [-0.2, -0.15) is 0 Å². The van der Waals surface area contributed by atoms with Crippen molar-refractivity contribution in [3.05, 3.63) is 64.9 Å². The first-order chi connectivity index (χ1) is 10.7. The Hall–Kier alpha value is -2.61. The van der Waals surface area contributed by atoms with Crippen molar-refractivity contribution in [2.45, 2.75) is 20.3 Å². The molecule has 1 aromatic heterocycles. The molecule has 0 N–H and O–H groups in total. The van der Waals surface area contributed by atoms with E-state index in [-0.39, 0.29) is 5.78 Å². The summed E-state index contributed by atoms with van der Waals surface area (Å²) in [5, 5.41) is 0.945. The average Bonchev–Trinajstić information content (AvgIpc) is 3.00. The monoisotopic (exact) mass is 288 g/mol. The topological polar surface area (TPSA) is 30.2 Å². The second kappa shape index (κ2) is 4.70. The van der Waals surface area contributed by atoms with Crippen LogP contribution >= 0.6 is 0 Å². The van der Waals surface area contributed by atoms with Crippen LogP contribution in [0.5, 0.6) is 0 Å². The first kappa shape index (κ1) is 13.1. The number of aryl methyl sites for hydroxylation is 1. The minimum atomic E-state index is 0.100. The van der Waals surface area contributed by atoms with Crippen molar-refractivity contribution in [3.63, 3.8) is 0 Å². The first-order valence-corrected chi connectivity index (χ1v) is 7.59. The van der Waals surface area contributed by atoms with Gasteiger partial charge in [-0.3, -0.25) is 4.79 Å². The third-order valence-electron chi connectivity index (χ3n) is 4.29. The van der Waals surface area contributed by atoms with Gasteiger partial charge >= 0.3 is 0 Å². The van der Waals surface area contributed by atoms with Gasteiger partial charge in [-0.15, -0.1) is 0 Å². The summed E-state index contributed by atoms with van der Waals surface area (Å²) in [7, 11) is 0. The van der Waals surface area contributed by atoms with Gasteiger partial charge in [0.1, 0.15) is 11.3 Å². The van der Waals surface area contributed by atoms with E-state index in [0.29, 0.717) is 0 Å². The summed E-state index contributed by atoms with van der Waals surface area (Å²) in [6, 6.07) is 11.8. The molecular weight excluding hydrogens is 272 g/mol. The Kier molecular flexibility index (Phi) is 2.80. The summed E-state index contributed by atoms with van der Waals surface area (Å²) in [4.78, 5) is 12.9. The van der Waals surface area contributed by atoms with E-state index in [1.54, 1.807) is 0 Å². The summed E-state index contributed by atoms with van der Waals surface area (Å²) in [5.74, 6) is 0.958. The molecule has 0 fully saturated rings. The maximum absolute atomic E-state index is 12.9. The molecule has 2 nitrogen and oxygen atoms in total. The number of allylic oxidation sites excluding steroid dienone is 1. The number of carbonyl (C=O) groups excluding carboxylic acids is 1. The molecule has 4 rings (SSSR count). The molecule has 22 heavy (non-hydrogen) atoms. The maximum Gasteiger partial charge on any atom is 0.195 e. The number of rotatable bonds is 2. The number of hydrogen-bond donors (Lipinski definition) is 0. The van der Waals surface area contributed by atoms with Gasteiger partial charge in [0.2, 0.25) is 0 Å². The first-order valence-electron chi connectivity index (χ1n) is 7.59. The molecule has 2 heteroatoms. The van der Waals surface area contributed by atoms with Crippen LogP contribution in [0, 0.1) is 6.92 Å². The van der Waals surface area contributed by atoms with E-state index in [1.807, 2.05) is 43.3 Å². The van der Waals surface area contributed by atoms with Gasteiger partial charge in [0.05, 0.1) is 0 Å². The molecule has 0 bridgehead atoms. The minimum Gasteiger partial charge on any atom is -0.461 e. The Morgan fingerprint density at radius 2 is 1.82 bits per heavy atom. The van der Waals surface area contributed by atoms with Gasteiger partial charge in [-0.05, 0) is 36.6 Å². The van der Waals surface area contributed by atoms with Crippen molar-refractivity contribution in [2.24, 2.45) is 0 Å². The van der Waals surface area contributed by atoms with E-state index >= 15 is 0 Å². The lowest BCUT2D eigenvalue weighted by Crippen LogP contribution is -1.96. The molecule has 0 radical (unpaired) electrons. The lowest BCUT2D eigenvalue weighted by Gasteiger charge is -2.01. The minimum absolute atomic E-state index is 0.100. The summed E-state index contributed by atoms with van der Waals surface area (Å²) in [6.07, 6.45) is 5.12.